The van der Waals surface area contributed by atoms with Crippen LogP contribution in [0.1, 0.15) is 21.5 Å². The van der Waals surface area contributed by atoms with Crippen LogP contribution in [-0.2, 0) is 13.1 Å². The lowest BCUT2D eigenvalue weighted by Crippen LogP contribution is -2.17. The molecule has 4 rings (SSSR count). The molecule has 4 aromatic rings. The van der Waals surface area contributed by atoms with Crippen molar-refractivity contribution in [1.82, 2.24) is 14.8 Å². The summed E-state index contributed by atoms with van der Waals surface area (Å²) in [7, 11) is 1.58. The Bertz CT molecular complexity index is 1220. The van der Waals surface area contributed by atoms with Crippen LogP contribution in [0.5, 0.6) is 5.75 Å². The van der Waals surface area contributed by atoms with Gasteiger partial charge in [-0.05, 0) is 59.7 Å². The van der Waals surface area contributed by atoms with Crippen LogP contribution in [0.4, 0.5) is 11.9 Å². The number of halogens is 2. The van der Waals surface area contributed by atoms with Crippen molar-refractivity contribution in [1.29, 1.82) is 0 Å². The van der Waals surface area contributed by atoms with Crippen LogP contribution in [0.15, 0.2) is 72.8 Å². The van der Waals surface area contributed by atoms with Gasteiger partial charge in [-0.3, -0.25) is 4.79 Å². The van der Waals surface area contributed by atoms with E-state index in [1.165, 1.54) is 4.68 Å². The molecule has 0 aliphatic heterocycles. The van der Waals surface area contributed by atoms with Gasteiger partial charge in [0.2, 0.25) is 11.9 Å². The maximum absolute atomic E-state index is 13.2. The minimum atomic E-state index is -0.316. The predicted octanol–water partition coefficient (Wildman–Crippen LogP) is 5.51. The second-order valence-electron chi connectivity index (χ2n) is 7.16. The van der Waals surface area contributed by atoms with Gasteiger partial charge >= 0.3 is 0 Å². The van der Waals surface area contributed by atoms with Crippen LogP contribution in [0, 0.1) is 0 Å². The van der Waals surface area contributed by atoms with Crippen molar-refractivity contribution in [2.75, 3.05) is 17.7 Å². The largest absolute Gasteiger partial charge is 0.497 e. The molecule has 3 aromatic carbocycles. The van der Waals surface area contributed by atoms with Crippen molar-refractivity contribution >= 4 is 41.0 Å². The van der Waals surface area contributed by atoms with E-state index in [0.717, 1.165) is 11.1 Å². The molecule has 168 valence electrons. The molecule has 0 bridgehead atoms. The number of benzene rings is 3. The first kappa shape index (κ1) is 22.6. The van der Waals surface area contributed by atoms with Gasteiger partial charge in [-0.15, -0.1) is 5.10 Å². The molecule has 0 saturated heterocycles. The minimum Gasteiger partial charge on any atom is -0.497 e. The Morgan fingerprint density at radius 3 is 1.94 bits per heavy atom. The molecule has 0 aliphatic rings. The smallest absolute Gasteiger partial charge is 0.281 e. The van der Waals surface area contributed by atoms with E-state index in [0.29, 0.717) is 46.3 Å². The first-order valence-corrected chi connectivity index (χ1v) is 10.9. The fourth-order valence-electron chi connectivity index (χ4n) is 3.07. The highest BCUT2D eigenvalue weighted by atomic mass is 35.5. The predicted molar refractivity (Wildman–Crippen MR) is 130 cm³/mol. The van der Waals surface area contributed by atoms with E-state index in [2.05, 4.69) is 20.7 Å². The zero-order valence-corrected chi connectivity index (χ0v) is 19.3. The van der Waals surface area contributed by atoms with Crippen LogP contribution < -0.4 is 15.4 Å². The summed E-state index contributed by atoms with van der Waals surface area (Å²) in [4.78, 5) is 17.7. The lowest BCUT2D eigenvalue weighted by Gasteiger charge is -2.08. The van der Waals surface area contributed by atoms with Crippen LogP contribution >= 0.6 is 23.2 Å². The van der Waals surface area contributed by atoms with Crippen LogP contribution in [0.2, 0.25) is 10.0 Å². The summed E-state index contributed by atoms with van der Waals surface area (Å²) in [5.74, 6) is 0.995. The average molecular weight is 482 g/mol. The van der Waals surface area contributed by atoms with Gasteiger partial charge in [-0.25, -0.2) is 0 Å². The Balaban J connectivity index is 1.56. The lowest BCUT2D eigenvalue weighted by molar-refractivity contribution is 0.0947. The number of nitrogens with one attached hydrogen (secondary N) is 2. The molecule has 0 spiro atoms. The summed E-state index contributed by atoms with van der Waals surface area (Å²) in [5, 5.41) is 12.1. The van der Waals surface area contributed by atoms with E-state index >= 15 is 0 Å². The number of carbonyl (C=O) groups is 1. The third-order valence-electron chi connectivity index (χ3n) is 4.86. The first-order chi connectivity index (χ1) is 16.0. The second kappa shape index (κ2) is 10.4. The van der Waals surface area contributed by atoms with E-state index in [4.69, 9.17) is 27.9 Å². The summed E-state index contributed by atoms with van der Waals surface area (Å²) in [6, 6.07) is 21.7. The van der Waals surface area contributed by atoms with Crippen molar-refractivity contribution in [3.05, 3.63) is 99.5 Å². The maximum Gasteiger partial charge on any atom is 0.281 e. The van der Waals surface area contributed by atoms with Gasteiger partial charge in [-0.2, -0.15) is 9.67 Å². The fourth-order valence-corrected chi connectivity index (χ4v) is 3.32. The summed E-state index contributed by atoms with van der Waals surface area (Å²) in [5.41, 5.74) is 2.45. The maximum atomic E-state index is 13.2. The zero-order valence-electron chi connectivity index (χ0n) is 17.8. The highest BCUT2D eigenvalue weighted by Crippen LogP contribution is 2.18. The van der Waals surface area contributed by atoms with Gasteiger partial charge in [0, 0.05) is 28.7 Å². The van der Waals surface area contributed by atoms with Crippen molar-refractivity contribution < 1.29 is 9.53 Å². The number of methoxy groups -OCH3 is 1. The first-order valence-electron chi connectivity index (χ1n) is 10.1. The molecule has 33 heavy (non-hydrogen) atoms. The van der Waals surface area contributed by atoms with Crippen molar-refractivity contribution in [2.24, 2.45) is 0 Å². The Morgan fingerprint density at radius 1 is 0.848 bits per heavy atom. The van der Waals surface area contributed by atoms with E-state index in [1.807, 2.05) is 48.5 Å². The summed E-state index contributed by atoms with van der Waals surface area (Å²) in [6.45, 7) is 0.927. The summed E-state index contributed by atoms with van der Waals surface area (Å²) in [6.07, 6.45) is 0. The monoisotopic (exact) mass is 481 g/mol. The Labute approximate surface area is 201 Å². The molecule has 0 saturated carbocycles. The Morgan fingerprint density at radius 2 is 1.39 bits per heavy atom. The molecule has 9 heteroatoms. The molecule has 0 fully saturated rings. The number of aromatic nitrogens is 3. The Kier molecular flexibility index (Phi) is 7.12. The third-order valence-corrected chi connectivity index (χ3v) is 5.37. The number of nitrogens with zero attached hydrogens (tertiary/aromatic N) is 3. The van der Waals surface area contributed by atoms with Crippen molar-refractivity contribution in [3.63, 3.8) is 0 Å². The quantitative estimate of drug-likeness (QED) is 0.345. The molecule has 2 N–H and O–H groups in total. The van der Waals surface area contributed by atoms with Crippen LogP contribution in [-0.4, -0.2) is 27.8 Å². The highest BCUT2D eigenvalue weighted by molar-refractivity contribution is 6.30. The number of carbonyl (C=O) groups excluding carboxylic acids is 1. The third kappa shape index (κ3) is 5.83. The fraction of sp³-hybridized carbons (Fsp3) is 0.125. The molecule has 0 amide bonds. The summed E-state index contributed by atoms with van der Waals surface area (Å²) >= 11 is 11.9. The number of ether oxygens (including phenoxy) is 1. The minimum absolute atomic E-state index is 0.316. The zero-order chi connectivity index (χ0) is 23.2. The SMILES string of the molecule is COc1ccc(C(=O)n2nc(NCc3ccc(Cl)cc3)nc2NCc2ccc(Cl)cc2)cc1. The molecule has 0 unspecified atom stereocenters. The standard InChI is InChI=1S/C24H21Cl2N5O2/c1-33-21-12-6-18(7-13-21)22(32)31-24(28-15-17-4-10-20(26)11-5-17)29-23(30-31)27-14-16-2-8-19(25)9-3-16/h2-13H,14-15H2,1H3,(H2,27,28,29,30). The average Bonchev–Trinajstić information content (AvgIpc) is 3.26. The van der Waals surface area contributed by atoms with E-state index in [-0.39, 0.29) is 5.91 Å². The molecule has 0 radical (unpaired) electrons. The molecule has 7 nitrogen and oxygen atoms in total. The molecular weight excluding hydrogens is 461 g/mol. The highest BCUT2D eigenvalue weighted by Gasteiger charge is 2.18. The number of hydrogen-bond acceptors (Lipinski definition) is 6. The van der Waals surface area contributed by atoms with E-state index in [1.54, 1.807) is 31.4 Å². The topological polar surface area (TPSA) is 81.1 Å². The Hall–Kier alpha value is -3.55. The molecule has 1 aromatic heterocycles. The normalized spacial score (nSPS) is 10.6. The summed E-state index contributed by atoms with van der Waals surface area (Å²) < 4.78 is 6.43. The number of hydrogen-bond donors (Lipinski definition) is 2. The molecule has 1 heterocycles. The van der Waals surface area contributed by atoms with E-state index < -0.39 is 0 Å². The molecule has 0 atom stereocenters. The van der Waals surface area contributed by atoms with Gasteiger partial charge in [-0.1, -0.05) is 47.5 Å². The molecular formula is C24H21Cl2N5O2. The van der Waals surface area contributed by atoms with Gasteiger partial charge in [0.05, 0.1) is 7.11 Å². The van der Waals surface area contributed by atoms with Gasteiger partial charge in [0.1, 0.15) is 5.75 Å². The van der Waals surface area contributed by atoms with Gasteiger partial charge in [0.25, 0.3) is 5.91 Å². The van der Waals surface area contributed by atoms with Crippen molar-refractivity contribution in [2.45, 2.75) is 13.1 Å². The van der Waals surface area contributed by atoms with Crippen LogP contribution in [0.3, 0.4) is 0 Å². The number of rotatable bonds is 8. The van der Waals surface area contributed by atoms with Crippen LogP contribution in [0.25, 0.3) is 0 Å². The molecule has 0 aliphatic carbocycles. The lowest BCUT2D eigenvalue weighted by atomic mass is 10.2. The van der Waals surface area contributed by atoms with E-state index in [9.17, 15) is 4.79 Å². The van der Waals surface area contributed by atoms with Gasteiger partial charge < -0.3 is 15.4 Å². The second-order valence-corrected chi connectivity index (χ2v) is 8.04. The van der Waals surface area contributed by atoms with Gasteiger partial charge in [0.15, 0.2) is 0 Å². The number of anilines is 2. The van der Waals surface area contributed by atoms with Crippen molar-refractivity contribution in [3.8, 4) is 5.75 Å².